The van der Waals surface area contributed by atoms with Crippen molar-refractivity contribution in [1.29, 1.82) is 0 Å². The predicted molar refractivity (Wildman–Crippen MR) is 69.7 cm³/mol. The third kappa shape index (κ3) is 4.63. The highest BCUT2D eigenvalue weighted by molar-refractivity contribution is 5.89. The second-order valence-corrected chi connectivity index (χ2v) is 3.97. The summed E-state index contributed by atoms with van der Waals surface area (Å²) in [6.07, 6.45) is 2.26. The smallest absolute Gasteiger partial charge is 0.354 e. The summed E-state index contributed by atoms with van der Waals surface area (Å²) in [6, 6.07) is 1.48. The van der Waals surface area contributed by atoms with Crippen LogP contribution in [0.15, 0.2) is 12.3 Å². The number of nitrogen functional groups attached to an aromatic ring is 1. The van der Waals surface area contributed by atoms with Crippen molar-refractivity contribution in [3.63, 3.8) is 0 Å². The zero-order chi connectivity index (χ0) is 14.3. The molecule has 0 fully saturated rings. The number of hydrogen-bond acceptors (Lipinski definition) is 5. The molecule has 7 nitrogen and oxygen atoms in total. The van der Waals surface area contributed by atoms with Crippen molar-refractivity contribution in [2.24, 2.45) is 0 Å². The molecule has 1 rings (SSSR count). The van der Waals surface area contributed by atoms with E-state index in [9.17, 15) is 9.59 Å². The highest BCUT2D eigenvalue weighted by Gasteiger charge is 2.15. The van der Waals surface area contributed by atoms with Crippen LogP contribution in [0.5, 0.6) is 0 Å². The minimum Gasteiger partial charge on any atom is -0.464 e. The average Bonchev–Trinajstić information content (AvgIpc) is 2.74. The molecule has 1 heterocycles. The van der Waals surface area contributed by atoms with E-state index in [1.54, 1.807) is 7.11 Å². The van der Waals surface area contributed by atoms with Gasteiger partial charge in [0.1, 0.15) is 12.2 Å². The number of anilines is 1. The molecule has 0 radical (unpaired) electrons. The van der Waals surface area contributed by atoms with Crippen LogP contribution in [0.1, 0.15) is 16.9 Å². The summed E-state index contributed by atoms with van der Waals surface area (Å²) in [4.78, 5) is 23.2. The molecule has 1 aromatic heterocycles. The number of carbonyl (C=O) groups is 2. The monoisotopic (exact) mass is 269 g/mol. The normalized spacial score (nSPS) is 10.2. The summed E-state index contributed by atoms with van der Waals surface area (Å²) < 4.78 is 11.0. The number of hydrogen-bond donors (Lipinski definition) is 2. The van der Waals surface area contributed by atoms with Gasteiger partial charge in [-0.2, -0.15) is 0 Å². The molecule has 19 heavy (non-hydrogen) atoms. The molecule has 1 amide bonds. The molecule has 0 saturated carbocycles. The lowest BCUT2D eigenvalue weighted by Crippen LogP contribution is -2.29. The SMILES string of the molecule is COCCCNC(=O)Cn1cc(N)cc1C(=O)OC. The van der Waals surface area contributed by atoms with Gasteiger partial charge in [0, 0.05) is 26.5 Å². The van der Waals surface area contributed by atoms with Crippen molar-refractivity contribution in [2.45, 2.75) is 13.0 Å². The maximum absolute atomic E-state index is 11.7. The summed E-state index contributed by atoms with van der Waals surface area (Å²) in [5, 5.41) is 2.73. The van der Waals surface area contributed by atoms with Crippen molar-refractivity contribution in [3.05, 3.63) is 18.0 Å². The fourth-order valence-electron chi connectivity index (χ4n) is 1.59. The lowest BCUT2D eigenvalue weighted by molar-refractivity contribution is -0.121. The molecule has 0 aliphatic carbocycles. The van der Waals surface area contributed by atoms with E-state index in [1.807, 2.05) is 0 Å². The number of carbonyl (C=O) groups excluding carboxylic acids is 2. The second-order valence-electron chi connectivity index (χ2n) is 3.97. The second kappa shape index (κ2) is 7.42. The Hall–Kier alpha value is -2.02. The topological polar surface area (TPSA) is 95.6 Å². The summed E-state index contributed by atoms with van der Waals surface area (Å²) in [5.41, 5.74) is 6.28. The van der Waals surface area contributed by atoms with Gasteiger partial charge in [0.15, 0.2) is 0 Å². The Morgan fingerprint density at radius 1 is 1.42 bits per heavy atom. The first kappa shape index (κ1) is 15.0. The molecule has 0 aliphatic heterocycles. The Labute approximate surface area is 111 Å². The number of ether oxygens (including phenoxy) is 2. The van der Waals surface area contributed by atoms with E-state index in [2.05, 4.69) is 10.1 Å². The Kier molecular flexibility index (Phi) is 5.87. The van der Waals surface area contributed by atoms with Crippen LogP contribution in [0.3, 0.4) is 0 Å². The van der Waals surface area contributed by atoms with Crippen LogP contribution >= 0.6 is 0 Å². The van der Waals surface area contributed by atoms with Gasteiger partial charge in [0.25, 0.3) is 0 Å². The van der Waals surface area contributed by atoms with Crippen LogP contribution in [0.2, 0.25) is 0 Å². The number of nitrogens with zero attached hydrogens (tertiary/aromatic N) is 1. The number of aromatic nitrogens is 1. The largest absolute Gasteiger partial charge is 0.464 e. The Morgan fingerprint density at radius 2 is 2.16 bits per heavy atom. The number of amides is 1. The van der Waals surface area contributed by atoms with E-state index in [1.165, 1.54) is 23.9 Å². The van der Waals surface area contributed by atoms with E-state index in [4.69, 9.17) is 10.5 Å². The molecule has 106 valence electrons. The van der Waals surface area contributed by atoms with Crippen LogP contribution < -0.4 is 11.1 Å². The molecule has 0 atom stereocenters. The van der Waals surface area contributed by atoms with Crippen molar-refractivity contribution in [1.82, 2.24) is 9.88 Å². The third-order valence-electron chi connectivity index (χ3n) is 2.47. The van der Waals surface area contributed by atoms with Crippen molar-refractivity contribution in [3.8, 4) is 0 Å². The number of nitrogens with one attached hydrogen (secondary N) is 1. The highest BCUT2D eigenvalue weighted by Crippen LogP contribution is 2.11. The van der Waals surface area contributed by atoms with Crippen molar-refractivity contribution < 1.29 is 19.1 Å². The zero-order valence-electron chi connectivity index (χ0n) is 11.1. The number of esters is 1. The van der Waals surface area contributed by atoms with Gasteiger partial charge < -0.3 is 25.1 Å². The summed E-state index contributed by atoms with van der Waals surface area (Å²) in [5.74, 6) is -0.722. The van der Waals surface area contributed by atoms with E-state index in [0.717, 1.165) is 6.42 Å². The summed E-state index contributed by atoms with van der Waals surface area (Å²) >= 11 is 0. The minimum absolute atomic E-state index is 0.0224. The van der Waals surface area contributed by atoms with Crippen LogP contribution in [0, 0.1) is 0 Å². The first-order valence-electron chi connectivity index (χ1n) is 5.88. The minimum atomic E-state index is -0.524. The molecule has 0 aromatic carbocycles. The molecule has 0 bridgehead atoms. The molecule has 0 aliphatic rings. The fourth-order valence-corrected chi connectivity index (χ4v) is 1.59. The predicted octanol–water partition coefficient (Wildman–Crippen LogP) is 0.00960. The lowest BCUT2D eigenvalue weighted by Gasteiger charge is -2.08. The Bertz CT molecular complexity index is 442. The van der Waals surface area contributed by atoms with Crippen molar-refractivity contribution >= 4 is 17.6 Å². The standard InChI is InChI=1S/C12H19N3O4/c1-18-5-3-4-14-11(16)8-15-7-9(13)6-10(15)12(17)19-2/h6-7H,3-5,8,13H2,1-2H3,(H,14,16). The molecule has 0 saturated heterocycles. The van der Waals surface area contributed by atoms with E-state index >= 15 is 0 Å². The van der Waals surface area contributed by atoms with Gasteiger partial charge in [-0.15, -0.1) is 0 Å². The molecular weight excluding hydrogens is 250 g/mol. The summed E-state index contributed by atoms with van der Waals surface area (Å²) in [6.45, 7) is 1.13. The number of nitrogens with two attached hydrogens (primary N) is 1. The van der Waals surface area contributed by atoms with Gasteiger partial charge >= 0.3 is 5.97 Å². The van der Waals surface area contributed by atoms with E-state index in [0.29, 0.717) is 18.8 Å². The third-order valence-corrected chi connectivity index (χ3v) is 2.47. The van der Waals surface area contributed by atoms with Gasteiger partial charge in [-0.05, 0) is 12.5 Å². The lowest BCUT2D eigenvalue weighted by atomic mass is 10.4. The molecule has 0 unspecified atom stereocenters. The molecule has 0 spiro atoms. The summed E-state index contributed by atoms with van der Waals surface area (Å²) in [7, 11) is 2.88. The quantitative estimate of drug-likeness (QED) is 0.537. The van der Waals surface area contributed by atoms with Gasteiger partial charge in [-0.3, -0.25) is 4.79 Å². The van der Waals surface area contributed by atoms with Crippen LogP contribution in [-0.4, -0.2) is 43.8 Å². The molecule has 7 heteroatoms. The van der Waals surface area contributed by atoms with Gasteiger partial charge in [0.05, 0.1) is 12.8 Å². The number of methoxy groups -OCH3 is 2. The van der Waals surface area contributed by atoms with Gasteiger partial charge in [0.2, 0.25) is 5.91 Å². The van der Waals surface area contributed by atoms with Crippen LogP contribution in [0.4, 0.5) is 5.69 Å². The maximum Gasteiger partial charge on any atom is 0.354 e. The fraction of sp³-hybridized carbons (Fsp3) is 0.500. The molecule has 1 aromatic rings. The Balaban J connectivity index is 2.56. The maximum atomic E-state index is 11.7. The zero-order valence-corrected chi connectivity index (χ0v) is 11.1. The van der Waals surface area contributed by atoms with E-state index < -0.39 is 5.97 Å². The van der Waals surface area contributed by atoms with Gasteiger partial charge in [-0.1, -0.05) is 0 Å². The first-order chi connectivity index (χ1) is 9.08. The molecular formula is C12H19N3O4. The molecule has 3 N–H and O–H groups in total. The van der Waals surface area contributed by atoms with Crippen molar-refractivity contribution in [2.75, 3.05) is 33.1 Å². The average molecular weight is 269 g/mol. The van der Waals surface area contributed by atoms with E-state index in [-0.39, 0.29) is 18.1 Å². The Morgan fingerprint density at radius 3 is 2.79 bits per heavy atom. The van der Waals surface area contributed by atoms with Crippen LogP contribution in [-0.2, 0) is 20.8 Å². The highest BCUT2D eigenvalue weighted by atomic mass is 16.5. The first-order valence-corrected chi connectivity index (χ1v) is 5.88. The van der Waals surface area contributed by atoms with Gasteiger partial charge in [-0.25, -0.2) is 4.79 Å². The van der Waals surface area contributed by atoms with Crippen LogP contribution in [0.25, 0.3) is 0 Å². The number of rotatable bonds is 7.